The van der Waals surface area contributed by atoms with E-state index in [1.54, 1.807) is 0 Å². The predicted octanol–water partition coefficient (Wildman–Crippen LogP) is 5.58. The van der Waals surface area contributed by atoms with Crippen molar-refractivity contribution in [3.8, 4) is 0 Å². The van der Waals surface area contributed by atoms with Crippen LogP contribution in [0.15, 0.2) is 103 Å². The molecule has 2 atom stereocenters. The maximum atomic E-state index is 12.3. The molecule has 1 aliphatic carbocycles. The van der Waals surface area contributed by atoms with Crippen LogP contribution >= 0.6 is 0 Å². The molecule has 4 nitrogen and oxygen atoms in total. The van der Waals surface area contributed by atoms with E-state index in [0.717, 1.165) is 18.4 Å². The maximum absolute atomic E-state index is 12.3. The first-order valence-electron chi connectivity index (χ1n) is 12.3. The molecule has 0 aromatic heterocycles. The number of ether oxygens (including phenoxy) is 1. The highest BCUT2D eigenvalue weighted by Gasteiger charge is 2.51. The van der Waals surface area contributed by atoms with Crippen LogP contribution in [0.25, 0.3) is 0 Å². The normalized spacial score (nSPS) is 18.1. The number of nitrogens with one attached hydrogen (secondary N) is 1. The molecule has 0 radical (unpaired) electrons. The molecule has 0 unspecified atom stereocenters. The third kappa shape index (κ3) is 5.92. The Balaban J connectivity index is 1.48. The minimum Gasteiger partial charge on any atom is -0.445 e. The van der Waals surface area contributed by atoms with Crippen molar-refractivity contribution in [2.45, 2.75) is 57.4 Å². The summed E-state index contributed by atoms with van der Waals surface area (Å²) in [6.07, 6.45) is 5.40. The van der Waals surface area contributed by atoms with E-state index >= 15 is 0 Å². The summed E-state index contributed by atoms with van der Waals surface area (Å²) in [4.78, 5) is 12.3. The van der Waals surface area contributed by atoms with E-state index in [0.29, 0.717) is 0 Å². The molecule has 0 fully saturated rings. The fourth-order valence-electron chi connectivity index (χ4n) is 4.85. The van der Waals surface area contributed by atoms with Gasteiger partial charge in [-0.25, -0.2) is 4.79 Å². The van der Waals surface area contributed by atoms with Crippen molar-refractivity contribution in [2.24, 2.45) is 0 Å². The number of benzene rings is 3. The Morgan fingerprint density at radius 1 is 0.829 bits per heavy atom. The minimum atomic E-state index is -2.60. The highest BCUT2D eigenvalue weighted by atomic mass is 28.4. The van der Waals surface area contributed by atoms with Gasteiger partial charge in [0.15, 0.2) is 0 Å². The van der Waals surface area contributed by atoms with E-state index in [2.05, 4.69) is 98.9 Å². The van der Waals surface area contributed by atoms with Crippen LogP contribution in [-0.4, -0.2) is 26.6 Å². The van der Waals surface area contributed by atoms with E-state index < -0.39 is 14.4 Å². The van der Waals surface area contributed by atoms with Crippen molar-refractivity contribution in [3.63, 3.8) is 0 Å². The van der Waals surface area contributed by atoms with Gasteiger partial charge in [0, 0.05) is 0 Å². The second kappa shape index (κ2) is 11.1. The molecule has 4 rings (SSSR count). The molecule has 3 aromatic rings. The summed E-state index contributed by atoms with van der Waals surface area (Å²) in [6, 6.07) is 31.0. The monoisotopic (exact) mass is 485 g/mol. The van der Waals surface area contributed by atoms with Gasteiger partial charge in [0.05, 0.1) is 12.1 Å². The summed E-state index contributed by atoms with van der Waals surface area (Å²) < 4.78 is 12.6. The first kappa shape index (κ1) is 25.0. The first-order chi connectivity index (χ1) is 16.9. The van der Waals surface area contributed by atoms with Gasteiger partial charge in [0.25, 0.3) is 8.32 Å². The Morgan fingerprint density at radius 3 is 1.86 bits per heavy atom. The van der Waals surface area contributed by atoms with Crippen molar-refractivity contribution >= 4 is 24.8 Å². The summed E-state index contributed by atoms with van der Waals surface area (Å²) in [7, 11) is -2.60. The lowest BCUT2D eigenvalue weighted by Crippen LogP contribution is -2.67. The molecule has 1 amide bonds. The molecule has 0 bridgehead atoms. The van der Waals surface area contributed by atoms with Crippen LogP contribution in [0.1, 0.15) is 39.2 Å². The summed E-state index contributed by atoms with van der Waals surface area (Å²) in [5.74, 6) is 0. The Hall–Kier alpha value is -3.15. The molecular formula is C30H35NO3Si. The molecule has 0 saturated heterocycles. The molecular weight excluding hydrogens is 450 g/mol. The van der Waals surface area contributed by atoms with Crippen molar-refractivity contribution in [3.05, 3.63) is 109 Å². The van der Waals surface area contributed by atoms with Crippen LogP contribution in [0.5, 0.6) is 0 Å². The zero-order valence-electron chi connectivity index (χ0n) is 20.8. The molecule has 0 heterocycles. The second-order valence-electron chi connectivity index (χ2n) is 10.1. The van der Waals surface area contributed by atoms with Gasteiger partial charge in [-0.05, 0) is 33.8 Å². The van der Waals surface area contributed by atoms with E-state index in [1.165, 1.54) is 10.4 Å². The lowest BCUT2D eigenvalue weighted by molar-refractivity contribution is 0.135. The van der Waals surface area contributed by atoms with Gasteiger partial charge in [-0.2, -0.15) is 0 Å². The van der Waals surface area contributed by atoms with Gasteiger partial charge < -0.3 is 14.5 Å². The standard InChI is InChI=1S/C30H35NO3Si/c1-30(2,3)35(27-15-9-5-10-16-27,28-17-11-6-12-18-28)34-26-21-19-25(20-22-26)31-29(32)33-23-24-13-7-4-8-14-24/h4-19,21,25-26H,20,22-23H2,1-3H3,(H,31,32)/t25-,26+/m1/s1. The summed E-state index contributed by atoms with van der Waals surface area (Å²) in [5.41, 5.74) is 0.973. The molecule has 1 N–H and O–H groups in total. The Morgan fingerprint density at radius 2 is 1.37 bits per heavy atom. The molecule has 1 aliphatic rings. The van der Waals surface area contributed by atoms with Crippen molar-refractivity contribution in [2.75, 3.05) is 0 Å². The van der Waals surface area contributed by atoms with Gasteiger partial charge in [-0.15, -0.1) is 0 Å². The fraction of sp³-hybridized carbons (Fsp3) is 0.300. The number of hydrogen-bond acceptors (Lipinski definition) is 3. The van der Waals surface area contributed by atoms with Crippen LogP contribution in [0.3, 0.4) is 0 Å². The first-order valence-corrected chi connectivity index (χ1v) is 14.2. The predicted molar refractivity (Wildman–Crippen MR) is 144 cm³/mol. The van der Waals surface area contributed by atoms with Crippen LogP contribution in [0.2, 0.25) is 5.04 Å². The number of carbonyl (C=O) groups is 1. The third-order valence-electron chi connectivity index (χ3n) is 6.58. The topological polar surface area (TPSA) is 47.6 Å². The van der Waals surface area contributed by atoms with Crippen LogP contribution in [0.4, 0.5) is 4.79 Å². The molecule has 5 heteroatoms. The Labute approximate surface area is 210 Å². The Kier molecular flexibility index (Phi) is 7.89. The molecule has 182 valence electrons. The van der Waals surface area contributed by atoms with Crippen molar-refractivity contribution in [1.82, 2.24) is 5.32 Å². The number of alkyl carbamates (subject to hydrolysis) is 1. The van der Waals surface area contributed by atoms with Gasteiger partial charge >= 0.3 is 6.09 Å². The molecule has 35 heavy (non-hydrogen) atoms. The van der Waals surface area contributed by atoms with Crippen molar-refractivity contribution in [1.29, 1.82) is 0 Å². The van der Waals surface area contributed by atoms with Gasteiger partial charge in [0.2, 0.25) is 0 Å². The third-order valence-corrected chi connectivity index (χ3v) is 11.6. The Bertz CT molecular complexity index is 1070. The lowest BCUT2D eigenvalue weighted by atomic mass is 10.0. The molecule has 0 saturated carbocycles. The van der Waals surface area contributed by atoms with E-state index in [-0.39, 0.29) is 23.8 Å². The van der Waals surface area contributed by atoms with Gasteiger partial charge in [-0.1, -0.05) is 124 Å². The zero-order chi connectivity index (χ0) is 24.7. The summed E-state index contributed by atoms with van der Waals surface area (Å²) >= 11 is 0. The van der Waals surface area contributed by atoms with E-state index in [1.807, 2.05) is 30.3 Å². The highest BCUT2D eigenvalue weighted by Crippen LogP contribution is 2.38. The van der Waals surface area contributed by atoms with Gasteiger partial charge in [-0.3, -0.25) is 0 Å². The second-order valence-corrected chi connectivity index (χ2v) is 14.3. The number of amides is 1. The van der Waals surface area contributed by atoms with E-state index in [9.17, 15) is 4.79 Å². The molecule has 0 spiro atoms. The van der Waals surface area contributed by atoms with Crippen molar-refractivity contribution < 1.29 is 14.0 Å². The molecule has 0 aliphatic heterocycles. The maximum Gasteiger partial charge on any atom is 0.407 e. The minimum absolute atomic E-state index is 0.0142. The number of hydrogen-bond donors (Lipinski definition) is 1. The average Bonchev–Trinajstić information content (AvgIpc) is 2.88. The average molecular weight is 486 g/mol. The largest absolute Gasteiger partial charge is 0.445 e. The zero-order valence-corrected chi connectivity index (χ0v) is 21.8. The highest BCUT2D eigenvalue weighted by molar-refractivity contribution is 6.99. The summed E-state index contributed by atoms with van der Waals surface area (Å²) in [5, 5.41) is 5.45. The fourth-order valence-corrected chi connectivity index (χ4v) is 9.51. The SMILES string of the molecule is CC(C)(C)[Si](O[C@H]1C=C[C@@H](NC(=O)OCc2ccccc2)CC1)(c1ccccc1)c1ccccc1. The lowest BCUT2D eigenvalue weighted by Gasteiger charge is -2.45. The number of rotatable bonds is 7. The quantitative estimate of drug-likeness (QED) is 0.351. The smallest absolute Gasteiger partial charge is 0.407 e. The van der Waals surface area contributed by atoms with Crippen LogP contribution in [0, 0.1) is 0 Å². The van der Waals surface area contributed by atoms with E-state index in [4.69, 9.17) is 9.16 Å². The summed E-state index contributed by atoms with van der Waals surface area (Å²) in [6.45, 7) is 7.14. The van der Waals surface area contributed by atoms with Crippen LogP contribution < -0.4 is 15.7 Å². The number of carbonyl (C=O) groups excluding carboxylic acids is 1. The van der Waals surface area contributed by atoms with Gasteiger partial charge in [0.1, 0.15) is 6.61 Å². The van der Waals surface area contributed by atoms with Crippen LogP contribution in [-0.2, 0) is 15.8 Å². The molecule has 3 aromatic carbocycles.